The van der Waals surface area contributed by atoms with E-state index in [4.69, 9.17) is 9.47 Å². The number of likely N-dealkylation sites (N-methyl/N-ethyl adjacent to an activating group) is 1. The number of nitrogens with zero attached hydrogens (tertiary/aromatic N) is 3. The number of halogens is 4. The third-order valence-electron chi connectivity index (χ3n) is 5.93. The SMILES string of the molecule is CCN(c1ccc(Oc2ccc(C[C@H]3COC(=O)N3CC)cc2)c(F)c1)c1ccc(C(F)(F)F)cn1. The highest BCUT2D eigenvalue weighted by Crippen LogP contribution is 2.33. The lowest BCUT2D eigenvalue weighted by Gasteiger charge is -2.23. The van der Waals surface area contributed by atoms with Gasteiger partial charge in [0.2, 0.25) is 0 Å². The van der Waals surface area contributed by atoms with Gasteiger partial charge in [-0.1, -0.05) is 12.1 Å². The average molecular weight is 503 g/mol. The summed E-state index contributed by atoms with van der Waals surface area (Å²) in [6.07, 6.45) is -3.40. The molecule has 1 amide bonds. The third-order valence-corrected chi connectivity index (χ3v) is 5.93. The Morgan fingerprint density at radius 1 is 1.11 bits per heavy atom. The number of aromatic nitrogens is 1. The molecule has 3 aromatic rings. The van der Waals surface area contributed by atoms with E-state index < -0.39 is 17.6 Å². The monoisotopic (exact) mass is 503 g/mol. The number of ether oxygens (including phenoxy) is 2. The molecule has 1 atom stereocenters. The molecule has 1 aromatic heterocycles. The molecular formula is C26H25F4N3O3. The van der Waals surface area contributed by atoms with Crippen molar-refractivity contribution < 1.29 is 31.8 Å². The van der Waals surface area contributed by atoms with Crippen LogP contribution in [0.2, 0.25) is 0 Å². The van der Waals surface area contributed by atoms with Crippen LogP contribution in [-0.4, -0.2) is 41.7 Å². The smallest absolute Gasteiger partial charge is 0.417 e. The van der Waals surface area contributed by atoms with Crippen LogP contribution in [0.4, 0.5) is 33.9 Å². The number of benzene rings is 2. The summed E-state index contributed by atoms with van der Waals surface area (Å²) in [6.45, 7) is 4.98. The fraction of sp³-hybridized carbons (Fsp3) is 0.308. The molecule has 6 nitrogen and oxygen atoms in total. The van der Waals surface area contributed by atoms with Crippen molar-refractivity contribution in [3.05, 3.63) is 77.7 Å². The van der Waals surface area contributed by atoms with Gasteiger partial charge in [-0.2, -0.15) is 13.2 Å². The Morgan fingerprint density at radius 2 is 1.86 bits per heavy atom. The number of carbonyl (C=O) groups is 1. The maximum absolute atomic E-state index is 14.9. The Kier molecular flexibility index (Phi) is 7.32. The number of carbonyl (C=O) groups excluding carboxylic acids is 1. The standard InChI is InChI=1S/C26H25F4N3O3/c1-3-32(24-12-7-18(15-31-24)26(28,29)30)19-8-11-23(22(27)14-19)36-21-9-5-17(6-10-21)13-20-16-35-25(34)33(20)4-2/h5-12,14-15,20H,3-4,13,16H2,1-2H3/t20-/m0/s1. The number of hydrogen-bond donors (Lipinski definition) is 0. The lowest BCUT2D eigenvalue weighted by Crippen LogP contribution is -2.34. The zero-order valence-electron chi connectivity index (χ0n) is 19.8. The summed E-state index contributed by atoms with van der Waals surface area (Å²) >= 11 is 0. The molecule has 0 radical (unpaired) electrons. The fourth-order valence-electron chi connectivity index (χ4n) is 4.07. The second-order valence-corrected chi connectivity index (χ2v) is 8.23. The first-order chi connectivity index (χ1) is 17.2. The molecule has 1 fully saturated rings. The van der Waals surface area contributed by atoms with Crippen LogP contribution in [0.3, 0.4) is 0 Å². The van der Waals surface area contributed by atoms with Crippen molar-refractivity contribution in [1.82, 2.24) is 9.88 Å². The van der Waals surface area contributed by atoms with E-state index in [1.165, 1.54) is 18.2 Å². The van der Waals surface area contributed by atoms with Crippen molar-refractivity contribution in [1.29, 1.82) is 0 Å². The first-order valence-corrected chi connectivity index (χ1v) is 11.5. The maximum Gasteiger partial charge on any atom is 0.417 e. The molecule has 1 saturated heterocycles. The minimum atomic E-state index is -4.48. The van der Waals surface area contributed by atoms with Crippen molar-refractivity contribution in [3.63, 3.8) is 0 Å². The van der Waals surface area contributed by atoms with Gasteiger partial charge in [0.15, 0.2) is 11.6 Å². The molecule has 0 N–H and O–H groups in total. The Hall–Kier alpha value is -3.82. The van der Waals surface area contributed by atoms with Gasteiger partial charge >= 0.3 is 12.3 Å². The van der Waals surface area contributed by atoms with Gasteiger partial charge in [0.1, 0.15) is 18.2 Å². The lowest BCUT2D eigenvalue weighted by atomic mass is 10.1. The van der Waals surface area contributed by atoms with Crippen molar-refractivity contribution in [2.75, 3.05) is 24.6 Å². The van der Waals surface area contributed by atoms with E-state index in [0.29, 0.717) is 37.6 Å². The summed E-state index contributed by atoms with van der Waals surface area (Å²) in [6, 6.07) is 13.7. The minimum absolute atomic E-state index is 0.00915. The van der Waals surface area contributed by atoms with E-state index in [1.807, 2.05) is 19.1 Å². The molecule has 2 aromatic carbocycles. The van der Waals surface area contributed by atoms with Gasteiger partial charge in [0.25, 0.3) is 0 Å². The molecular weight excluding hydrogens is 478 g/mol. The first-order valence-electron chi connectivity index (χ1n) is 11.5. The highest BCUT2D eigenvalue weighted by Gasteiger charge is 2.32. The molecule has 0 spiro atoms. The van der Waals surface area contributed by atoms with E-state index >= 15 is 0 Å². The summed E-state index contributed by atoms with van der Waals surface area (Å²) in [5, 5.41) is 0. The largest absolute Gasteiger partial charge is 0.454 e. The van der Waals surface area contributed by atoms with Crippen LogP contribution in [-0.2, 0) is 17.3 Å². The molecule has 0 saturated carbocycles. The van der Waals surface area contributed by atoms with Crippen molar-refractivity contribution in [3.8, 4) is 11.5 Å². The summed E-state index contributed by atoms with van der Waals surface area (Å²) in [4.78, 5) is 18.9. The molecule has 0 bridgehead atoms. The molecule has 190 valence electrons. The second kappa shape index (κ2) is 10.4. The van der Waals surface area contributed by atoms with Gasteiger partial charge in [-0.15, -0.1) is 0 Å². The normalized spacial score (nSPS) is 15.7. The van der Waals surface area contributed by atoms with E-state index in [0.717, 1.165) is 17.8 Å². The summed E-state index contributed by atoms with van der Waals surface area (Å²) in [7, 11) is 0. The van der Waals surface area contributed by atoms with Crippen LogP contribution in [0.5, 0.6) is 11.5 Å². The van der Waals surface area contributed by atoms with Crippen molar-refractivity contribution in [2.45, 2.75) is 32.5 Å². The highest BCUT2D eigenvalue weighted by molar-refractivity contribution is 5.70. The number of amides is 1. The molecule has 0 unspecified atom stereocenters. The number of hydrogen-bond acceptors (Lipinski definition) is 5. The van der Waals surface area contributed by atoms with E-state index in [9.17, 15) is 22.4 Å². The number of cyclic esters (lactones) is 1. The maximum atomic E-state index is 14.9. The lowest BCUT2D eigenvalue weighted by molar-refractivity contribution is -0.137. The minimum Gasteiger partial charge on any atom is -0.454 e. The van der Waals surface area contributed by atoms with Gasteiger partial charge < -0.3 is 19.3 Å². The van der Waals surface area contributed by atoms with Gasteiger partial charge in [-0.25, -0.2) is 14.2 Å². The molecule has 36 heavy (non-hydrogen) atoms. The second-order valence-electron chi connectivity index (χ2n) is 8.23. The Labute approximate surface area is 206 Å². The zero-order chi connectivity index (χ0) is 25.9. The van der Waals surface area contributed by atoms with Crippen LogP contribution in [0, 0.1) is 5.82 Å². The quantitative estimate of drug-likeness (QED) is 0.326. The van der Waals surface area contributed by atoms with E-state index in [-0.39, 0.29) is 23.7 Å². The fourth-order valence-corrected chi connectivity index (χ4v) is 4.07. The predicted octanol–water partition coefficient (Wildman–Crippen LogP) is 6.57. The number of pyridine rings is 1. The number of anilines is 2. The van der Waals surface area contributed by atoms with Gasteiger partial charge in [0, 0.05) is 31.0 Å². The Morgan fingerprint density at radius 3 is 2.44 bits per heavy atom. The summed E-state index contributed by atoms with van der Waals surface area (Å²) in [5.41, 5.74) is 0.567. The Balaban J connectivity index is 1.44. The van der Waals surface area contributed by atoms with Crippen LogP contribution < -0.4 is 9.64 Å². The van der Waals surface area contributed by atoms with E-state index in [1.54, 1.807) is 34.9 Å². The van der Waals surface area contributed by atoms with Crippen LogP contribution in [0.1, 0.15) is 25.0 Å². The average Bonchev–Trinajstić information content (AvgIpc) is 3.21. The van der Waals surface area contributed by atoms with Crippen LogP contribution >= 0.6 is 0 Å². The summed E-state index contributed by atoms with van der Waals surface area (Å²) < 4.78 is 64.1. The predicted molar refractivity (Wildman–Crippen MR) is 126 cm³/mol. The molecule has 0 aliphatic carbocycles. The highest BCUT2D eigenvalue weighted by atomic mass is 19.4. The molecule has 10 heteroatoms. The number of alkyl halides is 3. The topological polar surface area (TPSA) is 54.9 Å². The summed E-state index contributed by atoms with van der Waals surface area (Å²) in [5.74, 6) is 0.0930. The van der Waals surface area contributed by atoms with E-state index in [2.05, 4.69) is 4.98 Å². The van der Waals surface area contributed by atoms with Crippen molar-refractivity contribution >= 4 is 17.6 Å². The van der Waals surface area contributed by atoms with Crippen molar-refractivity contribution in [2.24, 2.45) is 0 Å². The van der Waals surface area contributed by atoms with Gasteiger partial charge in [0.05, 0.1) is 11.6 Å². The van der Waals surface area contributed by atoms with Crippen LogP contribution in [0.25, 0.3) is 0 Å². The van der Waals surface area contributed by atoms with Gasteiger partial charge in [-0.3, -0.25) is 0 Å². The van der Waals surface area contributed by atoms with Gasteiger partial charge in [-0.05, 0) is 62.2 Å². The zero-order valence-corrected chi connectivity index (χ0v) is 19.8. The van der Waals surface area contributed by atoms with Crippen LogP contribution in [0.15, 0.2) is 60.8 Å². The third kappa shape index (κ3) is 5.53. The molecule has 4 rings (SSSR count). The number of rotatable bonds is 8. The molecule has 1 aliphatic rings. The Bertz CT molecular complexity index is 1200. The molecule has 2 heterocycles. The first kappa shape index (κ1) is 25.3. The molecule has 1 aliphatic heterocycles.